The summed E-state index contributed by atoms with van der Waals surface area (Å²) in [6.07, 6.45) is 1.77. The molecular weight excluding hydrogens is 289 g/mol. The van der Waals surface area contributed by atoms with Crippen LogP contribution in [0.15, 0.2) is 12.1 Å². The summed E-state index contributed by atoms with van der Waals surface area (Å²) in [5, 5.41) is 0.557. The highest BCUT2D eigenvalue weighted by Gasteiger charge is 2.38. The standard InChI is InChI=1S/C13H11Cl2NO3/c14-10-4-8-9(5-11(10)15)13(18)16(12(8)17)6-7-2-1-3-19-7/h4-5,7H,1-3,6H2/t7-/m1/s1. The molecule has 1 saturated heterocycles. The second-order valence-corrected chi connectivity index (χ2v) is 5.48. The Bertz CT molecular complexity index is 526. The van der Waals surface area contributed by atoms with E-state index < -0.39 is 0 Å². The molecule has 100 valence electrons. The van der Waals surface area contributed by atoms with Crippen molar-refractivity contribution >= 4 is 35.0 Å². The Morgan fingerprint density at radius 1 is 1.16 bits per heavy atom. The van der Waals surface area contributed by atoms with Crippen molar-refractivity contribution in [3.05, 3.63) is 33.3 Å². The fraction of sp³-hybridized carbons (Fsp3) is 0.385. The molecule has 4 nitrogen and oxygen atoms in total. The maximum atomic E-state index is 12.2. The minimum absolute atomic E-state index is 0.0619. The van der Waals surface area contributed by atoms with E-state index in [0.717, 1.165) is 12.8 Å². The first kappa shape index (κ1) is 12.9. The van der Waals surface area contributed by atoms with Crippen molar-refractivity contribution in [2.75, 3.05) is 13.2 Å². The van der Waals surface area contributed by atoms with E-state index in [1.807, 2.05) is 0 Å². The van der Waals surface area contributed by atoms with E-state index in [2.05, 4.69) is 0 Å². The van der Waals surface area contributed by atoms with E-state index >= 15 is 0 Å². The van der Waals surface area contributed by atoms with Crippen molar-refractivity contribution < 1.29 is 14.3 Å². The molecule has 0 aliphatic carbocycles. The number of benzene rings is 1. The van der Waals surface area contributed by atoms with Gasteiger partial charge in [-0.05, 0) is 25.0 Å². The molecule has 6 heteroatoms. The van der Waals surface area contributed by atoms with Gasteiger partial charge in [-0.15, -0.1) is 0 Å². The summed E-state index contributed by atoms with van der Waals surface area (Å²) in [6.45, 7) is 0.979. The molecule has 0 aromatic heterocycles. The Labute approximate surface area is 120 Å². The molecule has 0 radical (unpaired) electrons. The predicted molar refractivity (Wildman–Crippen MR) is 70.8 cm³/mol. The number of amides is 2. The molecule has 0 saturated carbocycles. The first-order valence-electron chi connectivity index (χ1n) is 6.05. The summed E-state index contributed by atoms with van der Waals surface area (Å²) in [6, 6.07) is 2.91. The Morgan fingerprint density at radius 3 is 2.21 bits per heavy atom. The maximum absolute atomic E-state index is 12.2. The Hall–Kier alpha value is -1.10. The molecule has 2 aliphatic heterocycles. The number of rotatable bonds is 2. The SMILES string of the molecule is O=C1c2cc(Cl)c(Cl)cc2C(=O)N1C[C@H]1CCCO1. The third kappa shape index (κ3) is 2.14. The quantitative estimate of drug-likeness (QED) is 0.789. The van der Waals surface area contributed by atoms with Crippen molar-refractivity contribution in [3.8, 4) is 0 Å². The van der Waals surface area contributed by atoms with Gasteiger partial charge in [0.05, 0.1) is 33.8 Å². The summed E-state index contributed by atoms with van der Waals surface area (Å²) in [7, 11) is 0. The Balaban J connectivity index is 1.90. The number of nitrogens with zero attached hydrogens (tertiary/aromatic N) is 1. The van der Waals surface area contributed by atoms with Crippen LogP contribution >= 0.6 is 23.2 Å². The van der Waals surface area contributed by atoms with Crippen molar-refractivity contribution in [1.29, 1.82) is 0 Å². The molecule has 2 aliphatic rings. The van der Waals surface area contributed by atoms with Crippen LogP contribution < -0.4 is 0 Å². The lowest BCUT2D eigenvalue weighted by Gasteiger charge is -2.17. The highest BCUT2D eigenvalue weighted by molar-refractivity contribution is 6.43. The van der Waals surface area contributed by atoms with Crippen LogP contribution in [0.25, 0.3) is 0 Å². The molecule has 1 aromatic carbocycles. The number of ether oxygens (including phenoxy) is 1. The number of hydrogen-bond acceptors (Lipinski definition) is 3. The van der Waals surface area contributed by atoms with E-state index in [-0.39, 0.29) is 28.0 Å². The van der Waals surface area contributed by atoms with E-state index in [9.17, 15) is 9.59 Å². The van der Waals surface area contributed by atoms with Crippen LogP contribution in [0.4, 0.5) is 0 Å². The zero-order valence-electron chi connectivity index (χ0n) is 9.99. The zero-order chi connectivity index (χ0) is 13.6. The van der Waals surface area contributed by atoms with Gasteiger partial charge in [0.2, 0.25) is 0 Å². The maximum Gasteiger partial charge on any atom is 0.261 e. The van der Waals surface area contributed by atoms with Crippen LogP contribution in [0, 0.1) is 0 Å². The van der Waals surface area contributed by atoms with Gasteiger partial charge in [-0.2, -0.15) is 0 Å². The second-order valence-electron chi connectivity index (χ2n) is 4.67. The molecule has 2 amide bonds. The van der Waals surface area contributed by atoms with Gasteiger partial charge >= 0.3 is 0 Å². The van der Waals surface area contributed by atoms with Crippen LogP contribution in [-0.2, 0) is 4.74 Å². The van der Waals surface area contributed by atoms with Crippen molar-refractivity contribution in [1.82, 2.24) is 4.90 Å². The minimum Gasteiger partial charge on any atom is -0.376 e. The largest absolute Gasteiger partial charge is 0.376 e. The van der Waals surface area contributed by atoms with E-state index in [1.54, 1.807) is 0 Å². The summed E-state index contributed by atoms with van der Waals surface area (Å²) < 4.78 is 5.46. The van der Waals surface area contributed by atoms with Crippen LogP contribution in [0.3, 0.4) is 0 Å². The Kier molecular flexibility index (Phi) is 3.25. The molecule has 1 aromatic rings. The number of fused-ring (bicyclic) bond motifs is 1. The fourth-order valence-electron chi connectivity index (χ4n) is 2.44. The summed E-state index contributed by atoms with van der Waals surface area (Å²) >= 11 is 11.8. The number of carbonyl (C=O) groups is 2. The summed E-state index contributed by atoms with van der Waals surface area (Å²) in [5.41, 5.74) is 0.634. The van der Waals surface area contributed by atoms with Gasteiger partial charge in [-0.3, -0.25) is 14.5 Å². The first-order valence-corrected chi connectivity index (χ1v) is 6.80. The fourth-order valence-corrected chi connectivity index (χ4v) is 2.77. The van der Waals surface area contributed by atoms with E-state index in [0.29, 0.717) is 24.3 Å². The highest BCUT2D eigenvalue weighted by Crippen LogP contribution is 2.32. The van der Waals surface area contributed by atoms with E-state index in [4.69, 9.17) is 27.9 Å². The first-order chi connectivity index (χ1) is 9.08. The molecular formula is C13H11Cl2NO3. The van der Waals surface area contributed by atoms with Gasteiger partial charge in [-0.1, -0.05) is 23.2 Å². The van der Waals surface area contributed by atoms with Gasteiger partial charge in [-0.25, -0.2) is 0 Å². The number of carbonyl (C=O) groups excluding carboxylic acids is 2. The van der Waals surface area contributed by atoms with Gasteiger partial charge in [0.15, 0.2) is 0 Å². The molecule has 3 rings (SSSR count). The Morgan fingerprint density at radius 2 is 1.74 bits per heavy atom. The molecule has 1 fully saturated rings. The van der Waals surface area contributed by atoms with Gasteiger partial charge in [0.1, 0.15) is 0 Å². The number of halogens is 2. The topological polar surface area (TPSA) is 46.6 Å². The third-order valence-corrected chi connectivity index (χ3v) is 4.14. The monoisotopic (exact) mass is 299 g/mol. The van der Waals surface area contributed by atoms with Crippen LogP contribution in [0.5, 0.6) is 0 Å². The summed E-state index contributed by atoms with van der Waals surface area (Å²) in [4.78, 5) is 25.6. The molecule has 19 heavy (non-hydrogen) atoms. The summed E-state index contributed by atoms with van der Waals surface area (Å²) in [5.74, 6) is -0.650. The molecule has 0 N–H and O–H groups in total. The molecule has 2 heterocycles. The molecule has 1 atom stereocenters. The minimum atomic E-state index is -0.325. The lowest BCUT2D eigenvalue weighted by Crippen LogP contribution is -2.36. The van der Waals surface area contributed by atoms with Crippen LogP contribution in [0.2, 0.25) is 10.0 Å². The smallest absolute Gasteiger partial charge is 0.261 e. The molecule has 0 spiro atoms. The van der Waals surface area contributed by atoms with Gasteiger partial charge in [0.25, 0.3) is 11.8 Å². The number of hydrogen-bond donors (Lipinski definition) is 0. The van der Waals surface area contributed by atoms with Crippen LogP contribution in [0.1, 0.15) is 33.6 Å². The molecule has 0 unspecified atom stereocenters. The second kappa shape index (κ2) is 4.78. The zero-order valence-corrected chi connectivity index (χ0v) is 11.5. The van der Waals surface area contributed by atoms with E-state index in [1.165, 1.54) is 17.0 Å². The van der Waals surface area contributed by atoms with Gasteiger partial charge in [0, 0.05) is 6.61 Å². The lowest BCUT2D eigenvalue weighted by atomic mass is 10.1. The lowest BCUT2D eigenvalue weighted by molar-refractivity contribution is 0.0475. The van der Waals surface area contributed by atoms with Gasteiger partial charge < -0.3 is 4.74 Å². The average Bonchev–Trinajstić information content (AvgIpc) is 2.96. The van der Waals surface area contributed by atoms with Crippen LogP contribution in [-0.4, -0.2) is 36.0 Å². The predicted octanol–water partition coefficient (Wildman–Crippen LogP) is 2.77. The average molecular weight is 300 g/mol. The third-order valence-electron chi connectivity index (χ3n) is 3.42. The van der Waals surface area contributed by atoms with Crippen molar-refractivity contribution in [2.24, 2.45) is 0 Å². The highest BCUT2D eigenvalue weighted by atomic mass is 35.5. The van der Waals surface area contributed by atoms with Crippen molar-refractivity contribution in [2.45, 2.75) is 18.9 Å². The normalized spacial score (nSPS) is 22.2. The number of imide groups is 1. The van der Waals surface area contributed by atoms with Crippen molar-refractivity contribution in [3.63, 3.8) is 0 Å². The molecule has 0 bridgehead atoms.